The Bertz CT molecular complexity index is 2130. The van der Waals surface area contributed by atoms with E-state index in [-0.39, 0.29) is 5.41 Å². The van der Waals surface area contributed by atoms with Gasteiger partial charge >= 0.3 is 0 Å². The molecule has 0 saturated carbocycles. The van der Waals surface area contributed by atoms with Gasteiger partial charge in [-0.05, 0) is 52.6 Å². The van der Waals surface area contributed by atoms with Gasteiger partial charge in [0.25, 0.3) is 0 Å². The van der Waals surface area contributed by atoms with Crippen LogP contribution in [0.5, 0.6) is 0 Å². The minimum absolute atomic E-state index is 0.320. The van der Waals surface area contributed by atoms with Gasteiger partial charge in [0.1, 0.15) is 5.15 Å². The molecule has 0 amide bonds. The maximum atomic E-state index is 6.99. The van der Waals surface area contributed by atoms with Crippen LogP contribution in [0.2, 0.25) is 5.15 Å². The van der Waals surface area contributed by atoms with Crippen LogP contribution in [0, 0.1) is 0 Å². The normalized spacial score (nSPS) is 13.4. The first-order valence-electron chi connectivity index (χ1n) is 13.9. The third-order valence-electron chi connectivity index (χ3n) is 8.47. The number of para-hydroxylation sites is 2. The zero-order valence-corrected chi connectivity index (χ0v) is 23.5. The molecule has 8 rings (SSSR count). The van der Waals surface area contributed by atoms with E-state index in [0.29, 0.717) is 11.0 Å². The molecule has 196 valence electrons. The van der Waals surface area contributed by atoms with Crippen LogP contribution in [0.3, 0.4) is 0 Å². The summed E-state index contributed by atoms with van der Waals surface area (Å²) in [5.41, 5.74) is 10.7. The molecule has 0 bridgehead atoms. The first-order chi connectivity index (χ1) is 20.0. The summed E-state index contributed by atoms with van der Waals surface area (Å²) in [5.74, 6) is 0.643. The van der Waals surface area contributed by atoms with Crippen LogP contribution in [0.25, 0.3) is 61.1 Å². The zero-order chi connectivity index (χ0) is 27.7. The molecule has 1 aliphatic carbocycles. The molecule has 3 nitrogen and oxygen atoms in total. The highest BCUT2D eigenvalue weighted by Crippen LogP contribution is 2.51. The van der Waals surface area contributed by atoms with E-state index >= 15 is 0 Å². The molecular weight excluding hydrogens is 522 g/mol. The van der Waals surface area contributed by atoms with E-state index in [1.165, 1.54) is 33.0 Å². The second-order valence-electron chi connectivity index (χ2n) is 11.2. The highest BCUT2D eigenvalue weighted by molar-refractivity contribution is 6.32. The van der Waals surface area contributed by atoms with Crippen molar-refractivity contribution in [3.05, 3.63) is 138 Å². The van der Waals surface area contributed by atoms with Crippen molar-refractivity contribution in [2.75, 3.05) is 0 Å². The third-order valence-corrected chi connectivity index (χ3v) is 8.75. The lowest BCUT2D eigenvalue weighted by atomic mass is 9.84. The molecule has 5 aromatic carbocycles. The predicted molar refractivity (Wildman–Crippen MR) is 170 cm³/mol. The summed E-state index contributed by atoms with van der Waals surface area (Å²) in [4.78, 5) is 10.1. The molecule has 0 saturated heterocycles. The molecule has 7 aromatic rings. The fourth-order valence-corrected chi connectivity index (χ4v) is 6.71. The molecule has 1 aliphatic rings. The number of halogens is 1. The van der Waals surface area contributed by atoms with E-state index in [9.17, 15) is 0 Å². The van der Waals surface area contributed by atoms with Crippen molar-refractivity contribution in [1.82, 2.24) is 14.5 Å². The quantitative estimate of drug-likeness (QED) is 0.206. The SMILES string of the molecule is CC1(C)c2cc(-c3ccccc3)ccc2-c2c(Cl)nc(-c3ccc4c5ccccc5n(-c5ccccc5)c4c3)nc21. The van der Waals surface area contributed by atoms with E-state index in [1.54, 1.807) is 0 Å². The minimum Gasteiger partial charge on any atom is -0.309 e. The number of rotatable bonds is 3. The number of aromatic nitrogens is 3. The lowest BCUT2D eigenvalue weighted by molar-refractivity contribution is 0.636. The molecule has 0 radical (unpaired) electrons. The minimum atomic E-state index is -0.320. The number of hydrogen-bond donors (Lipinski definition) is 0. The van der Waals surface area contributed by atoms with Crippen LogP contribution in [0.15, 0.2) is 121 Å². The first-order valence-corrected chi connectivity index (χ1v) is 14.3. The van der Waals surface area contributed by atoms with Crippen molar-refractivity contribution in [3.8, 4) is 39.3 Å². The summed E-state index contributed by atoms with van der Waals surface area (Å²) in [6, 6.07) is 42.6. The third kappa shape index (κ3) is 3.59. The average molecular weight is 548 g/mol. The van der Waals surface area contributed by atoms with Gasteiger partial charge in [0.2, 0.25) is 0 Å². The van der Waals surface area contributed by atoms with Crippen molar-refractivity contribution in [2.45, 2.75) is 19.3 Å². The van der Waals surface area contributed by atoms with Crippen LogP contribution in [0.4, 0.5) is 0 Å². The molecule has 2 heterocycles. The second-order valence-corrected chi connectivity index (χ2v) is 11.6. The number of hydrogen-bond acceptors (Lipinski definition) is 2. The average Bonchev–Trinajstić information content (AvgIpc) is 3.46. The maximum Gasteiger partial charge on any atom is 0.161 e. The zero-order valence-electron chi connectivity index (χ0n) is 22.8. The molecule has 0 spiro atoms. The van der Waals surface area contributed by atoms with Gasteiger partial charge in [-0.1, -0.05) is 116 Å². The monoisotopic (exact) mass is 547 g/mol. The van der Waals surface area contributed by atoms with Crippen molar-refractivity contribution < 1.29 is 0 Å². The van der Waals surface area contributed by atoms with Gasteiger partial charge in [0, 0.05) is 33.0 Å². The Balaban J connectivity index is 1.30. The summed E-state index contributed by atoms with van der Waals surface area (Å²) in [5, 5.41) is 2.91. The molecule has 0 aliphatic heterocycles. The van der Waals surface area contributed by atoms with Crippen LogP contribution in [0.1, 0.15) is 25.1 Å². The fourth-order valence-electron chi connectivity index (χ4n) is 6.44. The highest BCUT2D eigenvalue weighted by Gasteiger charge is 2.39. The van der Waals surface area contributed by atoms with E-state index in [4.69, 9.17) is 21.6 Å². The smallest absolute Gasteiger partial charge is 0.161 e. The van der Waals surface area contributed by atoms with Gasteiger partial charge in [0.15, 0.2) is 5.82 Å². The van der Waals surface area contributed by atoms with Crippen molar-refractivity contribution in [2.24, 2.45) is 0 Å². The summed E-state index contributed by atoms with van der Waals surface area (Å²) in [6.45, 7) is 4.46. The summed E-state index contributed by atoms with van der Waals surface area (Å²) in [7, 11) is 0. The Labute approximate surface area is 243 Å². The summed E-state index contributed by atoms with van der Waals surface area (Å²) >= 11 is 6.99. The van der Waals surface area contributed by atoms with Crippen LogP contribution >= 0.6 is 11.6 Å². The largest absolute Gasteiger partial charge is 0.309 e. The molecular formula is C37H26ClN3. The first kappa shape index (κ1) is 24.1. The lowest BCUT2D eigenvalue weighted by Gasteiger charge is -2.21. The Hall–Kier alpha value is -4.73. The molecule has 0 N–H and O–H groups in total. The van der Waals surface area contributed by atoms with E-state index in [2.05, 4.69) is 128 Å². The van der Waals surface area contributed by atoms with Crippen molar-refractivity contribution in [3.63, 3.8) is 0 Å². The maximum absolute atomic E-state index is 6.99. The fraction of sp³-hybridized carbons (Fsp3) is 0.0811. The van der Waals surface area contributed by atoms with Gasteiger partial charge < -0.3 is 4.57 Å². The molecule has 0 atom stereocenters. The highest BCUT2D eigenvalue weighted by atomic mass is 35.5. The molecule has 4 heteroatoms. The van der Waals surface area contributed by atoms with E-state index < -0.39 is 0 Å². The summed E-state index contributed by atoms with van der Waals surface area (Å²) < 4.78 is 2.31. The Kier molecular flexibility index (Phi) is 5.22. The predicted octanol–water partition coefficient (Wildman–Crippen LogP) is 9.87. The Morgan fingerprint density at radius 2 is 1.29 bits per heavy atom. The van der Waals surface area contributed by atoms with Crippen molar-refractivity contribution >= 4 is 33.4 Å². The van der Waals surface area contributed by atoms with Crippen LogP contribution in [-0.2, 0) is 5.41 Å². The molecule has 2 aromatic heterocycles. The number of fused-ring (bicyclic) bond motifs is 6. The van der Waals surface area contributed by atoms with Crippen molar-refractivity contribution in [1.29, 1.82) is 0 Å². The standard InChI is InChI=1S/C37H26ClN3/c1-37(2)30-21-24(23-11-5-3-6-12-23)17-20-29(30)33-34(37)39-36(40-35(33)38)25-18-19-28-27-15-9-10-16-31(27)41(32(28)22-25)26-13-7-4-8-14-26/h3-22H,1-2H3. The van der Waals surface area contributed by atoms with Crippen LogP contribution < -0.4 is 0 Å². The van der Waals surface area contributed by atoms with Gasteiger partial charge in [-0.15, -0.1) is 0 Å². The van der Waals surface area contributed by atoms with E-state index in [1.807, 2.05) is 12.1 Å². The second kappa shape index (κ2) is 8.89. The van der Waals surface area contributed by atoms with Gasteiger partial charge in [-0.3, -0.25) is 0 Å². The van der Waals surface area contributed by atoms with Gasteiger partial charge in [-0.25, -0.2) is 9.97 Å². The molecule has 0 unspecified atom stereocenters. The van der Waals surface area contributed by atoms with Gasteiger partial charge in [-0.2, -0.15) is 0 Å². The van der Waals surface area contributed by atoms with Gasteiger partial charge in [0.05, 0.1) is 16.7 Å². The molecule has 0 fully saturated rings. The topological polar surface area (TPSA) is 30.7 Å². The summed E-state index contributed by atoms with van der Waals surface area (Å²) in [6.07, 6.45) is 0. The van der Waals surface area contributed by atoms with Crippen LogP contribution in [-0.4, -0.2) is 14.5 Å². The molecule has 41 heavy (non-hydrogen) atoms. The Morgan fingerprint density at radius 1 is 0.610 bits per heavy atom. The lowest BCUT2D eigenvalue weighted by Crippen LogP contribution is -2.17. The van der Waals surface area contributed by atoms with E-state index in [0.717, 1.165) is 33.6 Å². The number of benzene rings is 5. The Morgan fingerprint density at radius 3 is 2.10 bits per heavy atom. The number of nitrogens with zero attached hydrogens (tertiary/aromatic N) is 3.